The maximum Gasteiger partial charge on any atom is 0.248 e. The number of rotatable bonds is 7. The standard InChI is InChI=1S/C19H24N4O3/c1-4-21-19(22-12-13-5-7-14(8-6-13)18(20)24)23-15-9-10-16(25-2)17(11-15)26-3/h5-11H,4,12H2,1-3H3,(H2,20,24)(H2,21,22,23). The number of carbonyl (C=O) groups is 1. The third kappa shape index (κ3) is 5.14. The summed E-state index contributed by atoms with van der Waals surface area (Å²) in [6.07, 6.45) is 0. The summed E-state index contributed by atoms with van der Waals surface area (Å²) in [5.74, 6) is 1.49. The summed E-state index contributed by atoms with van der Waals surface area (Å²) in [7, 11) is 3.19. The molecule has 4 N–H and O–H groups in total. The van der Waals surface area contributed by atoms with Gasteiger partial charge in [-0.1, -0.05) is 12.1 Å². The smallest absolute Gasteiger partial charge is 0.248 e. The number of anilines is 1. The lowest BCUT2D eigenvalue weighted by Crippen LogP contribution is -2.30. The fraction of sp³-hybridized carbons (Fsp3) is 0.263. The molecule has 2 aromatic carbocycles. The average Bonchev–Trinajstić information content (AvgIpc) is 2.66. The average molecular weight is 356 g/mol. The molecular formula is C19H24N4O3. The lowest BCUT2D eigenvalue weighted by molar-refractivity contribution is 0.100. The Balaban J connectivity index is 2.12. The number of nitrogens with two attached hydrogens (primary N) is 1. The van der Waals surface area contributed by atoms with E-state index in [4.69, 9.17) is 15.2 Å². The number of hydrogen-bond acceptors (Lipinski definition) is 4. The summed E-state index contributed by atoms with van der Waals surface area (Å²) >= 11 is 0. The fourth-order valence-electron chi connectivity index (χ4n) is 2.30. The summed E-state index contributed by atoms with van der Waals surface area (Å²) in [5, 5.41) is 6.42. The Morgan fingerprint density at radius 1 is 1.08 bits per heavy atom. The largest absolute Gasteiger partial charge is 0.493 e. The highest BCUT2D eigenvalue weighted by Gasteiger charge is 2.06. The van der Waals surface area contributed by atoms with E-state index in [1.165, 1.54) is 0 Å². The second-order valence-electron chi connectivity index (χ2n) is 5.45. The number of benzene rings is 2. The molecule has 0 fully saturated rings. The molecule has 138 valence electrons. The molecule has 0 radical (unpaired) electrons. The van der Waals surface area contributed by atoms with Gasteiger partial charge in [0.1, 0.15) is 0 Å². The summed E-state index contributed by atoms with van der Waals surface area (Å²) in [6, 6.07) is 12.6. The van der Waals surface area contributed by atoms with Gasteiger partial charge in [-0.25, -0.2) is 4.99 Å². The van der Waals surface area contributed by atoms with Gasteiger partial charge >= 0.3 is 0 Å². The fourth-order valence-corrected chi connectivity index (χ4v) is 2.30. The Morgan fingerprint density at radius 3 is 2.35 bits per heavy atom. The van der Waals surface area contributed by atoms with Crippen LogP contribution in [0, 0.1) is 0 Å². The third-order valence-electron chi connectivity index (χ3n) is 3.65. The van der Waals surface area contributed by atoms with Crippen LogP contribution in [-0.4, -0.2) is 32.6 Å². The highest BCUT2D eigenvalue weighted by atomic mass is 16.5. The monoisotopic (exact) mass is 356 g/mol. The molecule has 0 heterocycles. The maximum absolute atomic E-state index is 11.1. The number of primary amides is 1. The van der Waals surface area contributed by atoms with Gasteiger partial charge in [0.15, 0.2) is 17.5 Å². The van der Waals surface area contributed by atoms with E-state index in [-0.39, 0.29) is 0 Å². The molecular weight excluding hydrogens is 332 g/mol. The number of nitrogens with zero attached hydrogens (tertiary/aromatic N) is 1. The van der Waals surface area contributed by atoms with Crippen molar-refractivity contribution in [1.29, 1.82) is 0 Å². The van der Waals surface area contributed by atoms with E-state index in [9.17, 15) is 4.79 Å². The van der Waals surface area contributed by atoms with E-state index in [0.29, 0.717) is 29.6 Å². The van der Waals surface area contributed by atoms with Crippen molar-refractivity contribution < 1.29 is 14.3 Å². The van der Waals surface area contributed by atoms with E-state index in [0.717, 1.165) is 17.8 Å². The van der Waals surface area contributed by atoms with Gasteiger partial charge < -0.3 is 25.8 Å². The van der Waals surface area contributed by atoms with Crippen molar-refractivity contribution in [2.75, 3.05) is 26.1 Å². The van der Waals surface area contributed by atoms with Gasteiger partial charge in [0.2, 0.25) is 5.91 Å². The number of nitrogens with one attached hydrogen (secondary N) is 2. The third-order valence-corrected chi connectivity index (χ3v) is 3.65. The molecule has 0 atom stereocenters. The van der Waals surface area contributed by atoms with E-state index in [2.05, 4.69) is 15.6 Å². The van der Waals surface area contributed by atoms with Gasteiger partial charge in [-0.2, -0.15) is 0 Å². The van der Waals surface area contributed by atoms with Gasteiger partial charge in [-0.3, -0.25) is 4.79 Å². The molecule has 0 aliphatic rings. The molecule has 0 saturated heterocycles. The molecule has 0 unspecified atom stereocenters. The van der Waals surface area contributed by atoms with Gasteiger partial charge in [0.05, 0.1) is 20.8 Å². The van der Waals surface area contributed by atoms with Crippen LogP contribution in [0.4, 0.5) is 5.69 Å². The summed E-state index contributed by atoms with van der Waals surface area (Å²) in [5.41, 5.74) is 7.53. The van der Waals surface area contributed by atoms with E-state index < -0.39 is 5.91 Å². The second kappa shape index (κ2) is 9.31. The van der Waals surface area contributed by atoms with E-state index >= 15 is 0 Å². The number of guanidine groups is 1. The van der Waals surface area contributed by atoms with Crippen LogP contribution >= 0.6 is 0 Å². The van der Waals surface area contributed by atoms with Crippen LogP contribution in [0.3, 0.4) is 0 Å². The van der Waals surface area contributed by atoms with E-state index in [1.54, 1.807) is 26.4 Å². The zero-order valence-corrected chi connectivity index (χ0v) is 15.2. The molecule has 0 aromatic heterocycles. The second-order valence-corrected chi connectivity index (χ2v) is 5.45. The lowest BCUT2D eigenvalue weighted by atomic mass is 10.1. The quantitative estimate of drug-likeness (QED) is 0.523. The number of ether oxygens (including phenoxy) is 2. The molecule has 0 bridgehead atoms. The van der Waals surface area contributed by atoms with Crippen LogP contribution < -0.4 is 25.8 Å². The minimum absolute atomic E-state index is 0.441. The van der Waals surface area contributed by atoms with Crippen molar-refractivity contribution in [3.05, 3.63) is 53.6 Å². The Kier molecular flexibility index (Phi) is 6.84. The summed E-state index contributed by atoms with van der Waals surface area (Å²) < 4.78 is 10.6. The Hall–Kier alpha value is -3.22. The first-order valence-electron chi connectivity index (χ1n) is 8.23. The van der Waals surface area contributed by atoms with Crippen molar-refractivity contribution in [2.24, 2.45) is 10.7 Å². The highest BCUT2D eigenvalue weighted by Crippen LogP contribution is 2.29. The maximum atomic E-state index is 11.1. The molecule has 2 aromatic rings. The zero-order chi connectivity index (χ0) is 18.9. The molecule has 7 nitrogen and oxygen atoms in total. The highest BCUT2D eigenvalue weighted by molar-refractivity contribution is 5.94. The molecule has 0 saturated carbocycles. The number of aliphatic imine (C=N–C) groups is 1. The summed E-state index contributed by atoms with van der Waals surface area (Å²) in [4.78, 5) is 15.7. The molecule has 2 rings (SSSR count). The van der Waals surface area contributed by atoms with Crippen molar-refractivity contribution in [3.63, 3.8) is 0 Å². The predicted octanol–water partition coefficient (Wildman–Crippen LogP) is 2.38. The lowest BCUT2D eigenvalue weighted by Gasteiger charge is -2.14. The minimum Gasteiger partial charge on any atom is -0.493 e. The molecule has 7 heteroatoms. The van der Waals surface area contributed by atoms with Crippen molar-refractivity contribution in [3.8, 4) is 11.5 Å². The zero-order valence-electron chi connectivity index (χ0n) is 15.2. The molecule has 0 aliphatic carbocycles. The van der Waals surface area contributed by atoms with Gasteiger partial charge in [0, 0.05) is 23.9 Å². The normalized spacial score (nSPS) is 11.0. The first kappa shape index (κ1) is 19.1. The van der Waals surface area contributed by atoms with Crippen LogP contribution in [0.5, 0.6) is 11.5 Å². The SMILES string of the molecule is CCNC(=NCc1ccc(C(N)=O)cc1)Nc1ccc(OC)c(OC)c1. The van der Waals surface area contributed by atoms with Crippen LogP contribution in [0.2, 0.25) is 0 Å². The topological polar surface area (TPSA) is 98.0 Å². The predicted molar refractivity (Wildman–Crippen MR) is 103 cm³/mol. The summed E-state index contributed by atoms with van der Waals surface area (Å²) in [6.45, 7) is 3.18. The van der Waals surface area contributed by atoms with Crippen LogP contribution in [0.15, 0.2) is 47.5 Å². The van der Waals surface area contributed by atoms with E-state index in [1.807, 2.05) is 37.3 Å². The molecule has 1 amide bonds. The van der Waals surface area contributed by atoms with Gasteiger partial charge in [-0.15, -0.1) is 0 Å². The van der Waals surface area contributed by atoms with Gasteiger partial charge in [0.25, 0.3) is 0 Å². The van der Waals surface area contributed by atoms with Crippen LogP contribution in [0.1, 0.15) is 22.8 Å². The van der Waals surface area contributed by atoms with Gasteiger partial charge in [-0.05, 0) is 36.8 Å². The Labute approximate surface area is 153 Å². The van der Waals surface area contributed by atoms with Crippen LogP contribution in [-0.2, 0) is 6.54 Å². The minimum atomic E-state index is -0.441. The Morgan fingerprint density at radius 2 is 1.77 bits per heavy atom. The number of carbonyl (C=O) groups excluding carboxylic acids is 1. The molecule has 0 spiro atoms. The first-order chi connectivity index (χ1) is 12.6. The molecule has 26 heavy (non-hydrogen) atoms. The van der Waals surface area contributed by atoms with Crippen molar-refractivity contribution in [2.45, 2.75) is 13.5 Å². The number of hydrogen-bond donors (Lipinski definition) is 3. The Bertz CT molecular complexity index is 773. The number of methoxy groups -OCH3 is 2. The first-order valence-corrected chi connectivity index (χ1v) is 8.23. The molecule has 0 aliphatic heterocycles. The van der Waals surface area contributed by atoms with Crippen LogP contribution in [0.25, 0.3) is 0 Å². The van der Waals surface area contributed by atoms with Crippen molar-refractivity contribution >= 4 is 17.6 Å². The van der Waals surface area contributed by atoms with Crippen molar-refractivity contribution in [1.82, 2.24) is 5.32 Å². The number of amides is 1.